The van der Waals surface area contributed by atoms with Crippen molar-refractivity contribution in [1.29, 1.82) is 0 Å². The summed E-state index contributed by atoms with van der Waals surface area (Å²) in [5, 5.41) is 0. The van der Waals surface area contributed by atoms with Gasteiger partial charge in [0.15, 0.2) is 0 Å². The van der Waals surface area contributed by atoms with Gasteiger partial charge in [0.05, 0.1) is 13.2 Å². The summed E-state index contributed by atoms with van der Waals surface area (Å²) in [6.07, 6.45) is 1.48. The average Bonchev–Trinajstić information content (AvgIpc) is 2.17. The van der Waals surface area contributed by atoms with Crippen molar-refractivity contribution < 1.29 is 13.2 Å². The summed E-state index contributed by atoms with van der Waals surface area (Å²) in [5.41, 5.74) is 5.60. The molecule has 15 heavy (non-hydrogen) atoms. The Kier molecular flexibility index (Phi) is 3.27. The van der Waals surface area contributed by atoms with E-state index in [-0.39, 0.29) is 12.1 Å². The Balaban J connectivity index is 1.88. The fourth-order valence-electron chi connectivity index (χ4n) is 1.83. The molecular weight excluding hydrogens is 218 g/mol. The van der Waals surface area contributed by atoms with Crippen molar-refractivity contribution in [3.05, 3.63) is 0 Å². The van der Waals surface area contributed by atoms with Gasteiger partial charge in [-0.15, -0.1) is 0 Å². The SMILES string of the molecule is NC1CC(NS(=O)(=O)N2CCOCC2)C1. The van der Waals surface area contributed by atoms with Gasteiger partial charge in [-0.3, -0.25) is 0 Å². The number of rotatable bonds is 3. The molecule has 6 nitrogen and oxygen atoms in total. The number of ether oxygens (including phenoxy) is 1. The lowest BCUT2D eigenvalue weighted by Gasteiger charge is -2.35. The normalized spacial score (nSPS) is 33.7. The van der Waals surface area contributed by atoms with Gasteiger partial charge >= 0.3 is 0 Å². The van der Waals surface area contributed by atoms with Gasteiger partial charge in [-0.05, 0) is 12.8 Å². The number of nitrogens with two attached hydrogens (primary N) is 1. The van der Waals surface area contributed by atoms with Gasteiger partial charge in [0.2, 0.25) is 0 Å². The molecule has 0 atom stereocenters. The minimum Gasteiger partial charge on any atom is -0.379 e. The van der Waals surface area contributed by atoms with E-state index in [1.165, 1.54) is 4.31 Å². The van der Waals surface area contributed by atoms with Crippen LogP contribution in [-0.2, 0) is 14.9 Å². The van der Waals surface area contributed by atoms with E-state index in [1.807, 2.05) is 0 Å². The minimum absolute atomic E-state index is 0.0212. The second kappa shape index (κ2) is 4.34. The van der Waals surface area contributed by atoms with Gasteiger partial charge < -0.3 is 10.5 Å². The van der Waals surface area contributed by atoms with Crippen LogP contribution < -0.4 is 10.5 Å². The van der Waals surface area contributed by atoms with Gasteiger partial charge in [-0.2, -0.15) is 17.4 Å². The molecule has 7 heteroatoms. The van der Waals surface area contributed by atoms with Crippen LogP contribution in [0.5, 0.6) is 0 Å². The molecule has 3 N–H and O–H groups in total. The van der Waals surface area contributed by atoms with Crippen LogP contribution in [0.2, 0.25) is 0 Å². The van der Waals surface area contributed by atoms with Crippen LogP contribution >= 0.6 is 0 Å². The summed E-state index contributed by atoms with van der Waals surface area (Å²) in [6, 6.07) is 0.176. The van der Waals surface area contributed by atoms with Crippen LogP contribution in [0.1, 0.15) is 12.8 Å². The molecule has 1 aliphatic heterocycles. The van der Waals surface area contributed by atoms with Crippen molar-refractivity contribution in [3.8, 4) is 0 Å². The number of nitrogens with zero attached hydrogens (tertiary/aromatic N) is 1. The molecule has 0 radical (unpaired) electrons. The van der Waals surface area contributed by atoms with Gasteiger partial charge in [-0.1, -0.05) is 0 Å². The molecule has 1 aliphatic carbocycles. The topological polar surface area (TPSA) is 84.7 Å². The van der Waals surface area contributed by atoms with Crippen LogP contribution in [0.4, 0.5) is 0 Å². The molecule has 0 aromatic rings. The molecule has 2 rings (SSSR count). The summed E-state index contributed by atoms with van der Waals surface area (Å²) < 4.78 is 32.8. The van der Waals surface area contributed by atoms with E-state index >= 15 is 0 Å². The van der Waals surface area contributed by atoms with Gasteiger partial charge in [0.25, 0.3) is 10.2 Å². The van der Waals surface area contributed by atoms with E-state index in [4.69, 9.17) is 10.5 Å². The summed E-state index contributed by atoms with van der Waals surface area (Å²) in [4.78, 5) is 0. The Hall–Kier alpha value is -0.210. The molecule has 1 heterocycles. The maximum Gasteiger partial charge on any atom is 0.279 e. The zero-order valence-electron chi connectivity index (χ0n) is 8.55. The second-order valence-electron chi connectivity index (χ2n) is 4.06. The highest BCUT2D eigenvalue weighted by Crippen LogP contribution is 2.19. The number of hydrogen-bond acceptors (Lipinski definition) is 4. The van der Waals surface area contributed by atoms with Crippen LogP contribution in [0, 0.1) is 0 Å². The smallest absolute Gasteiger partial charge is 0.279 e. The van der Waals surface area contributed by atoms with Crippen molar-refractivity contribution in [2.75, 3.05) is 26.3 Å². The van der Waals surface area contributed by atoms with E-state index in [9.17, 15) is 8.42 Å². The molecule has 1 saturated carbocycles. The van der Waals surface area contributed by atoms with Crippen molar-refractivity contribution in [2.45, 2.75) is 24.9 Å². The largest absolute Gasteiger partial charge is 0.379 e. The van der Waals surface area contributed by atoms with Crippen LogP contribution in [-0.4, -0.2) is 51.1 Å². The predicted molar refractivity (Wildman–Crippen MR) is 55.4 cm³/mol. The van der Waals surface area contributed by atoms with E-state index in [0.29, 0.717) is 26.3 Å². The Morgan fingerprint density at radius 1 is 1.27 bits per heavy atom. The lowest BCUT2D eigenvalue weighted by Crippen LogP contribution is -2.55. The fraction of sp³-hybridized carbons (Fsp3) is 1.00. The van der Waals surface area contributed by atoms with E-state index in [2.05, 4.69) is 4.72 Å². The van der Waals surface area contributed by atoms with Crippen molar-refractivity contribution >= 4 is 10.2 Å². The Morgan fingerprint density at radius 3 is 2.40 bits per heavy atom. The van der Waals surface area contributed by atoms with Crippen molar-refractivity contribution in [2.24, 2.45) is 5.73 Å². The Bertz CT molecular complexity index is 307. The highest BCUT2D eigenvalue weighted by molar-refractivity contribution is 7.87. The second-order valence-corrected chi connectivity index (χ2v) is 5.76. The maximum absolute atomic E-state index is 11.8. The third kappa shape index (κ3) is 2.67. The molecule has 0 bridgehead atoms. The molecule has 0 unspecified atom stereocenters. The molecule has 0 amide bonds. The number of morpholine rings is 1. The zero-order chi connectivity index (χ0) is 10.9. The molecule has 0 spiro atoms. The highest BCUT2D eigenvalue weighted by atomic mass is 32.2. The quantitative estimate of drug-likeness (QED) is 0.633. The number of hydrogen-bond donors (Lipinski definition) is 2. The fourth-order valence-corrected chi connectivity index (χ4v) is 3.22. The summed E-state index contributed by atoms with van der Waals surface area (Å²) in [5.74, 6) is 0. The van der Waals surface area contributed by atoms with Crippen LogP contribution in [0.3, 0.4) is 0 Å². The highest BCUT2D eigenvalue weighted by Gasteiger charge is 2.32. The first-order chi connectivity index (χ1) is 7.08. The summed E-state index contributed by atoms with van der Waals surface area (Å²) in [6.45, 7) is 1.83. The third-order valence-electron chi connectivity index (χ3n) is 2.80. The predicted octanol–water partition coefficient (Wildman–Crippen LogP) is -1.36. The van der Waals surface area contributed by atoms with Gasteiger partial charge in [0, 0.05) is 25.2 Å². The standard InChI is InChI=1S/C8H17N3O3S/c9-7-5-8(6-7)10-15(12,13)11-1-3-14-4-2-11/h7-8,10H,1-6,9H2. The van der Waals surface area contributed by atoms with Crippen molar-refractivity contribution in [3.63, 3.8) is 0 Å². The van der Waals surface area contributed by atoms with Crippen LogP contribution in [0.15, 0.2) is 0 Å². The lowest BCUT2D eigenvalue weighted by atomic mass is 9.89. The Morgan fingerprint density at radius 2 is 1.87 bits per heavy atom. The van der Waals surface area contributed by atoms with E-state index in [1.54, 1.807) is 0 Å². The lowest BCUT2D eigenvalue weighted by molar-refractivity contribution is 0.0720. The Labute approximate surface area is 89.9 Å². The van der Waals surface area contributed by atoms with Crippen molar-refractivity contribution in [1.82, 2.24) is 9.03 Å². The van der Waals surface area contributed by atoms with E-state index in [0.717, 1.165) is 12.8 Å². The molecular formula is C8H17N3O3S. The molecule has 1 saturated heterocycles. The first-order valence-electron chi connectivity index (χ1n) is 5.18. The monoisotopic (exact) mass is 235 g/mol. The molecule has 88 valence electrons. The van der Waals surface area contributed by atoms with Gasteiger partial charge in [-0.25, -0.2) is 0 Å². The first-order valence-corrected chi connectivity index (χ1v) is 6.62. The molecule has 2 fully saturated rings. The molecule has 0 aromatic carbocycles. The third-order valence-corrected chi connectivity index (χ3v) is 4.48. The first kappa shape index (κ1) is 11.3. The average molecular weight is 235 g/mol. The molecule has 2 aliphatic rings. The maximum atomic E-state index is 11.8. The van der Waals surface area contributed by atoms with Crippen LogP contribution in [0.25, 0.3) is 0 Å². The molecule has 0 aromatic heterocycles. The van der Waals surface area contributed by atoms with E-state index < -0.39 is 10.2 Å². The zero-order valence-corrected chi connectivity index (χ0v) is 9.37. The summed E-state index contributed by atoms with van der Waals surface area (Å²) >= 11 is 0. The van der Waals surface area contributed by atoms with Gasteiger partial charge in [0.1, 0.15) is 0 Å². The number of nitrogens with one attached hydrogen (secondary N) is 1. The minimum atomic E-state index is -3.32. The summed E-state index contributed by atoms with van der Waals surface area (Å²) in [7, 11) is -3.32.